The number of hydrogen-bond acceptors (Lipinski definition) is 3. The van der Waals surface area contributed by atoms with Gasteiger partial charge in [-0.25, -0.2) is 4.79 Å². The summed E-state index contributed by atoms with van der Waals surface area (Å²) in [4.78, 5) is 24.4. The first kappa shape index (κ1) is 18.0. The number of aryl methyl sites for hydroxylation is 1. The number of carbonyl (C=O) groups is 2. The molecule has 1 aromatic carbocycles. The number of benzene rings is 1. The molecule has 1 heterocycles. The molecule has 128 valence electrons. The minimum atomic E-state index is -0.635. The van der Waals surface area contributed by atoms with Gasteiger partial charge in [0.25, 0.3) is 0 Å². The van der Waals surface area contributed by atoms with Crippen molar-refractivity contribution >= 4 is 23.3 Å². The highest BCUT2D eigenvalue weighted by molar-refractivity contribution is 7.10. The second-order valence-corrected chi connectivity index (χ2v) is 6.64. The topological polar surface area (TPSA) is 84.2 Å². The number of primary amides is 1. The Morgan fingerprint density at radius 3 is 2.42 bits per heavy atom. The number of rotatable bonds is 7. The maximum Gasteiger partial charge on any atom is 0.312 e. The summed E-state index contributed by atoms with van der Waals surface area (Å²) in [5.74, 6) is -0.130. The van der Waals surface area contributed by atoms with Crippen LogP contribution in [0.15, 0.2) is 41.8 Å². The molecule has 0 aliphatic heterocycles. The van der Waals surface area contributed by atoms with Crippen LogP contribution in [0.5, 0.6) is 0 Å². The number of thiophene rings is 1. The minimum absolute atomic E-state index is 0.0963. The Morgan fingerprint density at radius 1 is 1.17 bits per heavy atom. The molecule has 3 amide bonds. The van der Waals surface area contributed by atoms with E-state index in [0.29, 0.717) is 0 Å². The molecule has 0 radical (unpaired) electrons. The van der Waals surface area contributed by atoms with Gasteiger partial charge in [-0.15, -0.1) is 11.3 Å². The van der Waals surface area contributed by atoms with E-state index in [1.165, 1.54) is 16.9 Å². The molecule has 2 atom stereocenters. The third-order valence-corrected chi connectivity index (χ3v) is 4.84. The molecule has 0 spiro atoms. The Kier molecular flexibility index (Phi) is 6.37. The van der Waals surface area contributed by atoms with Gasteiger partial charge in [-0.1, -0.05) is 37.3 Å². The lowest BCUT2D eigenvalue weighted by molar-refractivity contribution is -0.122. The van der Waals surface area contributed by atoms with Crippen molar-refractivity contribution in [3.63, 3.8) is 0 Å². The summed E-state index contributed by atoms with van der Waals surface area (Å²) in [5, 5.41) is 7.51. The summed E-state index contributed by atoms with van der Waals surface area (Å²) >= 11 is 1.48. The van der Waals surface area contributed by atoms with Crippen LogP contribution in [0.4, 0.5) is 4.79 Å². The largest absolute Gasteiger partial charge is 0.352 e. The van der Waals surface area contributed by atoms with Crippen LogP contribution in [0.3, 0.4) is 0 Å². The Morgan fingerprint density at radius 2 is 1.88 bits per heavy atom. The van der Waals surface area contributed by atoms with Gasteiger partial charge in [0.2, 0.25) is 5.91 Å². The van der Waals surface area contributed by atoms with Crippen LogP contribution >= 0.6 is 11.3 Å². The van der Waals surface area contributed by atoms with Gasteiger partial charge in [-0.2, -0.15) is 0 Å². The zero-order valence-corrected chi connectivity index (χ0v) is 14.7. The number of urea groups is 1. The average molecular weight is 345 g/mol. The Balaban J connectivity index is 1.97. The van der Waals surface area contributed by atoms with Crippen molar-refractivity contribution in [2.24, 2.45) is 5.73 Å². The molecule has 0 unspecified atom stereocenters. The van der Waals surface area contributed by atoms with Gasteiger partial charge >= 0.3 is 6.03 Å². The third kappa shape index (κ3) is 5.09. The van der Waals surface area contributed by atoms with Gasteiger partial charge in [-0.05, 0) is 35.9 Å². The molecule has 6 heteroatoms. The third-order valence-electron chi connectivity index (χ3n) is 3.86. The van der Waals surface area contributed by atoms with Crippen LogP contribution in [0, 0.1) is 0 Å². The SMILES string of the molecule is CCc1ccc([C@@H](C)NC(=O)C[C@H](NC(N)=O)c2cccs2)cc1. The van der Waals surface area contributed by atoms with E-state index < -0.39 is 12.1 Å². The second kappa shape index (κ2) is 8.49. The van der Waals surface area contributed by atoms with E-state index >= 15 is 0 Å². The fraction of sp³-hybridized carbons (Fsp3) is 0.333. The Hall–Kier alpha value is -2.34. The van der Waals surface area contributed by atoms with E-state index in [1.807, 2.05) is 36.6 Å². The molecule has 0 saturated carbocycles. The van der Waals surface area contributed by atoms with Crippen molar-refractivity contribution in [1.82, 2.24) is 10.6 Å². The first-order chi connectivity index (χ1) is 11.5. The molecule has 0 aliphatic carbocycles. The van der Waals surface area contributed by atoms with Crippen LogP contribution in [-0.4, -0.2) is 11.9 Å². The zero-order chi connectivity index (χ0) is 17.5. The van der Waals surface area contributed by atoms with Gasteiger partial charge in [0.15, 0.2) is 0 Å². The van der Waals surface area contributed by atoms with E-state index in [4.69, 9.17) is 5.73 Å². The fourth-order valence-electron chi connectivity index (χ4n) is 2.50. The van der Waals surface area contributed by atoms with E-state index in [-0.39, 0.29) is 18.4 Å². The molecule has 5 nitrogen and oxygen atoms in total. The number of nitrogens with one attached hydrogen (secondary N) is 2. The molecule has 2 rings (SSSR count). The van der Waals surface area contributed by atoms with Crippen molar-refractivity contribution in [2.45, 2.75) is 38.8 Å². The van der Waals surface area contributed by atoms with E-state index in [2.05, 4.69) is 29.7 Å². The summed E-state index contributed by atoms with van der Waals surface area (Å²) in [6.07, 6.45) is 1.14. The van der Waals surface area contributed by atoms with Crippen molar-refractivity contribution in [2.75, 3.05) is 0 Å². The molecule has 0 bridgehead atoms. The standard InChI is InChI=1S/C18H23N3O2S/c1-3-13-6-8-14(9-7-13)12(2)20-17(22)11-15(21-18(19)23)16-5-4-10-24-16/h4-10,12,15H,3,11H2,1-2H3,(H,20,22)(H3,19,21,23)/t12-,15+/m1/s1. The first-order valence-electron chi connectivity index (χ1n) is 7.97. The van der Waals surface area contributed by atoms with Gasteiger partial charge in [0.05, 0.1) is 18.5 Å². The maximum absolute atomic E-state index is 12.3. The van der Waals surface area contributed by atoms with Crippen LogP contribution in [0.1, 0.15) is 48.4 Å². The lowest BCUT2D eigenvalue weighted by Gasteiger charge is -2.19. The summed E-state index contributed by atoms with van der Waals surface area (Å²) in [7, 11) is 0. The highest BCUT2D eigenvalue weighted by Gasteiger charge is 2.19. The highest BCUT2D eigenvalue weighted by Crippen LogP contribution is 2.22. The molecule has 2 aromatic rings. The molecule has 0 aliphatic rings. The van der Waals surface area contributed by atoms with Gasteiger partial charge in [-0.3, -0.25) is 4.79 Å². The normalized spacial score (nSPS) is 13.1. The van der Waals surface area contributed by atoms with Crippen LogP contribution < -0.4 is 16.4 Å². The first-order valence-corrected chi connectivity index (χ1v) is 8.85. The minimum Gasteiger partial charge on any atom is -0.352 e. The number of nitrogens with two attached hydrogens (primary N) is 1. The summed E-state index contributed by atoms with van der Waals surface area (Å²) in [6.45, 7) is 4.05. The molecule has 1 aromatic heterocycles. The molecule has 4 N–H and O–H groups in total. The monoisotopic (exact) mass is 345 g/mol. The molecule has 0 fully saturated rings. The summed E-state index contributed by atoms with van der Waals surface area (Å²) < 4.78 is 0. The lowest BCUT2D eigenvalue weighted by Crippen LogP contribution is -2.36. The van der Waals surface area contributed by atoms with Crippen LogP contribution in [0.25, 0.3) is 0 Å². The molecular formula is C18H23N3O2S. The van der Waals surface area contributed by atoms with Gasteiger partial charge in [0.1, 0.15) is 0 Å². The van der Waals surface area contributed by atoms with Crippen LogP contribution in [0.2, 0.25) is 0 Å². The molecule has 24 heavy (non-hydrogen) atoms. The van der Waals surface area contributed by atoms with E-state index in [1.54, 1.807) is 0 Å². The van der Waals surface area contributed by atoms with E-state index in [9.17, 15) is 9.59 Å². The summed E-state index contributed by atoms with van der Waals surface area (Å²) in [5.41, 5.74) is 7.53. The van der Waals surface area contributed by atoms with Crippen LogP contribution in [-0.2, 0) is 11.2 Å². The van der Waals surface area contributed by atoms with Crippen molar-refractivity contribution < 1.29 is 9.59 Å². The predicted molar refractivity (Wildman–Crippen MR) is 96.8 cm³/mol. The summed E-state index contributed by atoms with van der Waals surface area (Å²) in [6, 6.07) is 10.8. The predicted octanol–water partition coefficient (Wildman–Crippen LogP) is 3.29. The fourth-order valence-corrected chi connectivity index (χ4v) is 3.27. The molecular weight excluding hydrogens is 322 g/mol. The number of hydrogen-bond donors (Lipinski definition) is 3. The average Bonchev–Trinajstić information content (AvgIpc) is 3.08. The lowest BCUT2D eigenvalue weighted by atomic mass is 10.0. The Labute approximate surface area is 146 Å². The van der Waals surface area contributed by atoms with Crippen molar-refractivity contribution in [3.8, 4) is 0 Å². The van der Waals surface area contributed by atoms with Gasteiger partial charge in [0, 0.05) is 4.88 Å². The van der Waals surface area contributed by atoms with Crippen molar-refractivity contribution in [3.05, 3.63) is 57.8 Å². The van der Waals surface area contributed by atoms with E-state index in [0.717, 1.165) is 16.9 Å². The van der Waals surface area contributed by atoms with Crippen molar-refractivity contribution in [1.29, 1.82) is 0 Å². The van der Waals surface area contributed by atoms with Gasteiger partial charge < -0.3 is 16.4 Å². The highest BCUT2D eigenvalue weighted by atomic mass is 32.1. The Bertz CT molecular complexity index is 668. The number of amides is 3. The second-order valence-electron chi connectivity index (χ2n) is 5.67. The quantitative estimate of drug-likeness (QED) is 0.719. The maximum atomic E-state index is 12.3. The molecule has 0 saturated heterocycles. The zero-order valence-electron chi connectivity index (χ0n) is 13.9. The smallest absolute Gasteiger partial charge is 0.312 e. The number of carbonyl (C=O) groups excluding carboxylic acids is 2.